The second-order valence-corrected chi connectivity index (χ2v) is 6.83. The van der Waals surface area contributed by atoms with E-state index in [0.717, 1.165) is 24.3 Å². The molecular weight excluding hydrogens is 338 g/mol. The largest absolute Gasteiger partial charge is 0.356 e. The molecule has 6 heteroatoms. The number of aromatic nitrogens is 3. The molecule has 0 unspecified atom stereocenters. The van der Waals surface area contributed by atoms with Crippen molar-refractivity contribution in [2.45, 2.75) is 26.2 Å². The first-order valence-corrected chi connectivity index (χ1v) is 9.01. The Labute approximate surface area is 158 Å². The minimum atomic E-state index is -0.175. The summed E-state index contributed by atoms with van der Waals surface area (Å²) in [4.78, 5) is 2.27. The summed E-state index contributed by atoms with van der Waals surface area (Å²) < 4.78 is 7.70. The Morgan fingerprint density at radius 2 is 2.00 bits per heavy atom. The van der Waals surface area contributed by atoms with E-state index in [4.69, 9.17) is 10.00 Å². The van der Waals surface area contributed by atoms with E-state index in [1.54, 1.807) is 10.7 Å². The van der Waals surface area contributed by atoms with Gasteiger partial charge in [0.15, 0.2) is 6.23 Å². The summed E-state index contributed by atoms with van der Waals surface area (Å²) in [6, 6.07) is 18.3. The van der Waals surface area contributed by atoms with Crippen molar-refractivity contribution in [3.8, 4) is 6.07 Å². The smallest absolute Gasteiger partial charge is 0.157 e. The normalized spacial score (nSPS) is 17.1. The Kier molecular flexibility index (Phi) is 4.97. The lowest BCUT2D eigenvalue weighted by molar-refractivity contribution is 0.0252. The van der Waals surface area contributed by atoms with Gasteiger partial charge in [-0.1, -0.05) is 47.2 Å². The van der Waals surface area contributed by atoms with E-state index in [1.807, 2.05) is 24.4 Å². The van der Waals surface area contributed by atoms with Crippen LogP contribution in [-0.2, 0) is 17.8 Å². The fourth-order valence-electron chi connectivity index (χ4n) is 3.30. The van der Waals surface area contributed by atoms with Crippen LogP contribution in [0.1, 0.15) is 34.2 Å². The maximum Gasteiger partial charge on any atom is 0.157 e. The highest BCUT2D eigenvalue weighted by Gasteiger charge is 2.29. The molecule has 1 aliphatic heterocycles. The monoisotopic (exact) mass is 359 g/mol. The Morgan fingerprint density at radius 3 is 2.81 bits per heavy atom. The molecule has 1 fully saturated rings. The summed E-state index contributed by atoms with van der Waals surface area (Å²) in [6.45, 7) is 5.05. The van der Waals surface area contributed by atoms with Gasteiger partial charge < -0.3 is 4.74 Å². The number of aryl methyl sites for hydroxylation is 1. The molecule has 2 aromatic carbocycles. The van der Waals surface area contributed by atoms with Gasteiger partial charge in [-0.15, -0.1) is 5.10 Å². The van der Waals surface area contributed by atoms with Gasteiger partial charge in [-0.05, 0) is 30.2 Å². The summed E-state index contributed by atoms with van der Waals surface area (Å²) >= 11 is 0. The number of ether oxygens (including phenoxy) is 1. The molecule has 0 aliphatic carbocycles. The first kappa shape index (κ1) is 17.4. The highest BCUT2D eigenvalue weighted by atomic mass is 16.5. The third-order valence-corrected chi connectivity index (χ3v) is 4.70. The predicted octanol–water partition coefficient (Wildman–Crippen LogP) is 3.04. The molecule has 2 heterocycles. The number of nitrogens with zero attached hydrogens (tertiary/aromatic N) is 5. The van der Waals surface area contributed by atoms with Gasteiger partial charge in [-0.3, -0.25) is 4.90 Å². The molecule has 136 valence electrons. The quantitative estimate of drug-likeness (QED) is 0.700. The summed E-state index contributed by atoms with van der Waals surface area (Å²) in [7, 11) is 0. The SMILES string of the molecule is Cc1ccc(CN2CCO[C@H]2c2cn(Cc3cccc(C#N)c3)nn2)cc1. The molecule has 0 radical (unpaired) electrons. The lowest BCUT2D eigenvalue weighted by atomic mass is 10.1. The van der Waals surface area contributed by atoms with Crippen LogP contribution in [0.4, 0.5) is 0 Å². The van der Waals surface area contributed by atoms with Crippen LogP contribution in [0.2, 0.25) is 0 Å². The summed E-state index contributed by atoms with van der Waals surface area (Å²) in [5, 5.41) is 17.6. The summed E-state index contributed by atoms with van der Waals surface area (Å²) in [5.41, 5.74) is 5.01. The first-order valence-electron chi connectivity index (χ1n) is 9.01. The van der Waals surface area contributed by atoms with Crippen LogP contribution in [0.5, 0.6) is 0 Å². The van der Waals surface area contributed by atoms with Crippen LogP contribution in [0.15, 0.2) is 54.7 Å². The number of hydrogen-bond acceptors (Lipinski definition) is 5. The Morgan fingerprint density at radius 1 is 1.15 bits per heavy atom. The second-order valence-electron chi connectivity index (χ2n) is 6.83. The minimum absolute atomic E-state index is 0.175. The van der Waals surface area contributed by atoms with E-state index in [-0.39, 0.29) is 6.23 Å². The highest BCUT2D eigenvalue weighted by molar-refractivity contribution is 5.32. The van der Waals surface area contributed by atoms with Gasteiger partial charge in [0.1, 0.15) is 5.69 Å². The molecule has 4 rings (SSSR count). The third-order valence-electron chi connectivity index (χ3n) is 4.70. The average Bonchev–Trinajstić information content (AvgIpc) is 3.33. The minimum Gasteiger partial charge on any atom is -0.356 e. The fraction of sp³-hybridized carbons (Fsp3) is 0.286. The van der Waals surface area contributed by atoms with E-state index in [2.05, 4.69) is 52.5 Å². The Hall–Kier alpha value is -3.01. The van der Waals surface area contributed by atoms with Crippen LogP contribution >= 0.6 is 0 Å². The molecule has 0 bridgehead atoms. The van der Waals surface area contributed by atoms with Gasteiger partial charge in [-0.25, -0.2) is 4.68 Å². The van der Waals surface area contributed by atoms with Crippen molar-refractivity contribution in [2.75, 3.05) is 13.2 Å². The standard InChI is InChI=1S/C21H21N5O/c1-16-5-7-17(8-6-16)13-25-9-10-27-21(25)20-15-26(24-23-20)14-19-4-2-3-18(11-19)12-22/h2-8,11,15,21H,9-10,13-14H2,1H3/t21-/m0/s1. The molecule has 1 aromatic heterocycles. The average molecular weight is 359 g/mol. The van der Waals surface area contributed by atoms with Crippen LogP contribution in [0.25, 0.3) is 0 Å². The summed E-state index contributed by atoms with van der Waals surface area (Å²) in [6.07, 6.45) is 1.75. The Balaban J connectivity index is 1.46. The molecule has 6 nitrogen and oxygen atoms in total. The van der Waals surface area contributed by atoms with Gasteiger partial charge in [-0.2, -0.15) is 5.26 Å². The number of benzene rings is 2. The van der Waals surface area contributed by atoms with E-state index < -0.39 is 0 Å². The second kappa shape index (κ2) is 7.70. The van der Waals surface area contributed by atoms with Gasteiger partial charge in [0.05, 0.1) is 31.0 Å². The topological polar surface area (TPSA) is 67.0 Å². The molecule has 0 spiro atoms. The van der Waals surface area contributed by atoms with E-state index in [1.165, 1.54) is 11.1 Å². The maximum atomic E-state index is 9.03. The van der Waals surface area contributed by atoms with Crippen LogP contribution in [-0.4, -0.2) is 33.0 Å². The lowest BCUT2D eigenvalue weighted by Gasteiger charge is -2.21. The van der Waals surface area contributed by atoms with Crippen molar-refractivity contribution in [3.05, 3.63) is 82.7 Å². The molecule has 1 atom stereocenters. The van der Waals surface area contributed by atoms with Crippen molar-refractivity contribution in [2.24, 2.45) is 0 Å². The van der Waals surface area contributed by atoms with E-state index in [0.29, 0.717) is 18.7 Å². The van der Waals surface area contributed by atoms with Crippen LogP contribution in [0.3, 0.4) is 0 Å². The Bertz CT molecular complexity index is 957. The third kappa shape index (κ3) is 4.05. The van der Waals surface area contributed by atoms with Gasteiger partial charge in [0.25, 0.3) is 0 Å². The fourth-order valence-corrected chi connectivity index (χ4v) is 3.30. The highest BCUT2D eigenvalue weighted by Crippen LogP contribution is 2.27. The van der Waals surface area contributed by atoms with Crippen molar-refractivity contribution < 1.29 is 4.74 Å². The molecular formula is C21H21N5O. The molecule has 1 saturated heterocycles. The molecule has 27 heavy (non-hydrogen) atoms. The number of hydrogen-bond donors (Lipinski definition) is 0. The van der Waals surface area contributed by atoms with E-state index in [9.17, 15) is 0 Å². The zero-order valence-corrected chi connectivity index (χ0v) is 15.2. The van der Waals surface area contributed by atoms with Gasteiger partial charge in [0, 0.05) is 13.1 Å². The zero-order chi connectivity index (χ0) is 18.6. The molecule has 0 saturated carbocycles. The van der Waals surface area contributed by atoms with Crippen LogP contribution in [0, 0.1) is 18.3 Å². The molecule has 3 aromatic rings. The van der Waals surface area contributed by atoms with Gasteiger partial charge >= 0.3 is 0 Å². The zero-order valence-electron chi connectivity index (χ0n) is 15.2. The maximum absolute atomic E-state index is 9.03. The van der Waals surface area contributed by atoms with Crippen molar-refractivity contribution in [1.82, 2.24) is 19.9 Å². The lowest BCUT2D eigenvalue weighted by Crippen LogP contribution is -2.23. The number of nitriles is 1. The van der Waals surface area contributed by atoms with Gasteiger partial charge in [0.2, 0.25) is 0 Å². The van der Waals surface area contributed by atoms with Crippen molar-refractivity contribution in [1.29, 1.82) is 5.26 Å². The molecule has 0 amide bonds. The number of rotatable bonds is 5. The summed E-state index contributed by atoms with van der Waals surface area (Å²) in [5.74, 6) is 0. The van der Waals surface area contributed by atoms with Crippen molar-refractivity contribution in [3.63, 3.8) is 0 Å². The van der Waals surface area contributed by atoms with Crippen LogP contribution < -0.4 is 0 Å². The molecule has 0 N–H and O–H groups in total. The molecule has 1 aliphatic rings. The van der Waals surface area contributed by atoms with Crippen molar-refractivity contribution >= 4 is 0 Å². The van der Waals surface area contributed by atoms with E-state index >= 15 is 0 Å². The first-order chi connectivity index (χ1) is 13.2. The predicted molar refractivity (Wildman–Crippen MR) is 101 cm³/mol.